The second-order valence-corrected chi connectivity index (χ2v) is 6.32. The smallest absolute Gasteiger partial charge is 0.227 e. The van der Waals surface area contributed by atoms with Crippen molar-refractivity contribution in [2.24, 2.45) is 17.6 Å². The van der Waals surface area contributed by atoms with Crippen LogP contribution in [0, 0.1) is 11.8 Å². The fraction of sp³-hybridized carbons (Fsp3) is 0.533. The van der Waals surface area contributed by atoms with Crippen LogP contribution >= 0.6 is 11.8 Å². The van der Waals surface area contributed by atoms with E-state index in [1.165, 1.54) is 4.90 Å². The Morgan fingerprint density at radius 2 is 2.32 bits per heavy atom. The molecule has 0 spiro atoms. The Morgan fingerprint density at radius 1 is 1.47 bits per heavy atom. The Bertz CT molecular complexity index is 436. The molecule has 0 aliphatic heterocycles. The van der Waals surface area contributed by atoms with Crippen molar-refractivity contribution in [3.63, 3.8) is 0 Å². The van der Waals surface area contributed by atoms with E-state index >= 15 is 0 Å². The average Bonchev–Trinajstić information content (AvgIpc) is 2.88. The monoisotopic (exact) mass is 278 g/mol. The van der Waals surface area contributed by atoms with Crippen LogP contribution < -0.4 is 11.1 Å². The topological polar surface area (TPSA) is 55.1 Å². The molecule has 0 unspecified atom stereocenters. The van der Waals surface area contributed by atoms with Gasteiger partial charge in [-0.15, -0.1) is 11.8 Å². The number of hydrogen-bond acceptors (Lipinski definition) is 3. The summed E-state index contributed by atoms with van der Waals surface area (Å²) < 4.78 is 0. The highest BCUT2D eigenvalue weighted by Gasteiger charge is 2.31. The van der Waals surface area contributed by atoms with Crippen LogP contribution in [0.1, 0.15) is 26.2 Å². The number of nitrogens with two attached hydrogens (primary N) is 1. The molecular weight excluding hydrogens is 256 g/mol. The summed E-state index contributed by atoms with van der Waals surface area (Å²) in [5, 5.41) is 3.04. The van der Waals surface area contributed by atoms with Gasteiger partial charge in [0.25, 0.3) is 0 Å². The first-order valence-electron chi connectivity index (χ1n) is 6.98. The van der Waals surface area contributed by atoms with Gasteiger partial charge in [-0.1, -0.05) is 19.4 Å². The molecule has 3 nitrogen and oxygen atoms in total. The molecule has 104 valence electrons. The van der Waals surface area contributed by atoms with Crippen LogP contribution in [0.2, 0.25) is 0 Å². The fourth-order valence-corrected chi connectivity index (χ4v) is 3.45. The van der Waals surface area contributed by atoms with E-state index in [4.69, 9.17) is 5.73 Å². The number of carbonyl (C=O) groups excluding carboxylic acids is 1. The van der Waals surface area contributed by atoms with Crippen molar-refractivity contribution >= 4 is 23.4 Å². The van der Waals surface area contributed by atoms with Crippen LogP contribution in [-0.2, 0) is 4.79 Å². The minimum atomic E-state index is 0.0903. The lowest BCUT2D eigenvalue weighted by Crippen LogP contribution is -2.29. The van der Waals surface area contributed by atoms with E-state index in [1.54, 1.807) is 11.8 Å². The van der Waals surface area contributed by atoms with E-state index in [0.29, 0.717) is 12.5 Å². The van der Waals surface area contributed by atoms with E-state index in [1.807, 2.05) is 18.2 Å². The Hall–Kier alpha value is -1.00. The number of nitrogens with one attached hydrogen (secondary N) is 1. The van der Waals surface area contributed by atoms with Crippen molar-refractivity contribution in [3.8, 4) is 0 Å². The molecule has 1 amide bonds. The summed E-state index contributed by atoms with van der Waals surface area (Å²) in [6, 6.07) is 8.05. The molecule has 4 heteroatoms. The zero-order valence-electron chi connectivity index (χ0n) is 11.4. The molecular formula is C15H22N2OS. The summed E-state index contributed by atoms with van der Waals surface area (Å²) in [7, 11) is 0. The maximum absolute atomic E-state index is 12.3. The van der Waals surface area contributed by atoms with Crippen molar-refractivity contribution in [3.05, 3.63) is 24.3 Å². The SMILES string of the molecule is CCSc1cccc(NC(=O)[C@@H]2CCC[C@@H]2CN)c1. The van der Waals surface area contributed by atoms with E-state index in [2.05, 4.69) is 18.3 Å². The molecule has 0 bridgehead atoms. The Morgan fingerprint density at radius 3 is 3.05 bits per heavy atom. The lowest BCUT2D eigenvalue weighted by atomic mass is 9.95. The number of carbonyl (C=O) groups is 1. The number of benzene rings is 1. The normalized spacial score (nSPS) is 22.4. The maximum Gasteiger partial charge on any atom is 0.227 e. The van der Waals surface area contributed by atoms with Gasteiger partial charge >= 0.3 is 0 Å². The summed E-state index contributed by atoms with van der Waals surface area (Å²) in [5.41, 5.74) is 6.63. The van der Waals surface area contributed by atoms with Crippen molar-refractivity contribution < 1.29 is 4.79 Å². The van der Waals surface area contributed by atoms with Crippen molar-refractivity contribution in [1.82, 2.24) is 0 Å². The van der Waals surface area contributed by atoms with Gasteiger partial charge in [-0.05, 0) is 49.3 Å². The summed E-state index contributed by atoms with van der Waals surface area (Å²) >= 11 is 1.78. The molecule has 0 aromatic heterocycles. The highest BCUT2D eigenvalue weighted by atomic mass is 32.2. The largest absolute Gasteiger partial charge is 0.330 e. The van der Waals surface area contributed by atoms with Gasteiger partial charge in [0, 0.05) is 16.5 Å². The van der Waals surface area contributed by atoms with Gasteiger partial charge < -0.3 is 11.1 Å². The van der Waals surface area contributed by atoms with Crippen LogP contribution in [0.15, 0.2) is 29.2 Å². The Kier molecular flexibility index (Phi) is 5.28. The Balaban J connectivity index is 2.00. The summed E-state index contributed by atoms with van der Waals surface area (Å²) in [6.07, 6.45) is 3.17. The summed E-state index contributed by atoms with van der Waals surface area (Å²) in [5.74, 6) is 1.61. The first-order chi connectivity index (χ1) is 9.24. The number of thioether (sulfide) groups is 1. The van der Waals surface area contributed by atoms with Gasteiger partial charge in [0.15, 0.2) is 0 Å². The van der Waals surface area contributed by atoms with Crippen LogP contribution in [0.25, 0.3) is 0 Å². The van der Waals surface area contributed by atoms with E-state index in [9.17, 15) is 4.79 Å². The molecule has 1 aliphatic carbocycles. The number of amides is 1. The average molecular weight is 278 g/mol. The van der Waals surface area contributed by atoms with Crippen molar-refractivity contribution in [2.75, 3.05) is 17.6 Å². The van der Waals surface area contributed by atoms with Crippen LogP contribution in [0.5, 0.6) is 0 Å². The van der Waals surface area contributed by atoms with Crippen LogP contribution in [0.3, 0.4) is 0 Å². The van der Waals surface area contributed by atoms with Crippen LogP contribution in [0.4, 0.5) is 5.69 Å². The summed E-state index contributed by atoms with van der Waals surface area (Å²) in [4.78, 5) is 13.5. The molecule has 1 aromatic carbocycles. The van der Waals surface area contributed by atoms with Gasteiger partial charge in [0.2, 0.25) is 5.91 Å². The van der Waals surface area contributed by atoms with Gasteiger partial charge in [-0.25, -0.2) is 0 Å². The lowest BCUT2D eigenvalue weighted by Gasteiger charge is -2.17. The zero-order chi connectivity index (χ0) is 13.7. The molecule has 1 aromatic rings. The quantitative estimate of drug-likeness (QED) is 0.814. The van der Waals surface area contributed by atoms with Crippen LogP contribution in [-0.4, -0.2) is 18.2 Å². The van der Waals surface area contributed by atoms with Crippen molar-refractivity contribution in [1.29, 1.82) is 0 Å². The minimum Gasteiger partial charge on any atom is -0.330 e. The number of anilines is 1. The third-order valence-electron chi connectivity index (χ3n) is 3.71. The second-order valence-electron chi connectivity index (χ2n) is 4.98. The first-order valence-corrected chi connectivity index (χ1v) is 7.97. The highest BCUT2D eigenvalue weighted by molar-refractivity contribution is 7.99. The molecule has 0 radical (unpaired) electrons. The molecule has 1 saturated carbocycles. The van der Waals surface area contributed by atoms with E-state index < -0.39 is 0 Å². The minimum absolute atomic E-state index is 0.0903. The standard InChI is InChI=1S/C15H22N2OS/c1-2-19-13-7-4-6-12(9-13)17-15(18)14-8-3-5-11(14)10-16/h4,6-7,9,11,14H,2-3,5,8,10,16H2,1H3,(H,17,18)/t11-,14-/m1/s1. The maximum atomic E-state index is 12.3. The third-order valence-corrected chi connectivity index (χ3v) is 4.59. The molecule has 2 rings (SSSR count). The number of hydrogen-bond donors (Lipinski definition) is 2. The number of rotatable bonds is 5. The lowest BCUT2D eigenvalue weighted by molar-refractivity contribution is -0.120. The first kappa shape index (κ1) is 14.4. The third kappa shape index (κ3) is 3.74. The van der Waals surface area contributed by atoms with Gasteiger partial charge in [-0.2, -0.15) is 0 Å². The van der Waals surface area contributed by atoms with Gasteiger partial charge in [0.05, 0.1) is 0 Å². The molecule has 1 aliphatic rings. The second kappa shape index (κ2) is 6.96. The molecule has 19 heavy (non-hydrogen) atoms. The molecule has 3 N–H and O–H groups in total. The van der Waals surface area contributed by atoms with Gasteiger partial charge in [0.1, 0.15) is 0 Å². The highest BCUT2D eigenvalue weighted by Crippen LogP contribution is 2.32. The molecule has 2 atom stereocenters. The molecule has 1 fully saturated rings. The molecule has 0 heterocycles. The predicted octanol–water partition coefficient (Wildman–Crippen LogP) is 3.11. The zero-order valence-corrected chi connectivity index (χ0v) is 12.2. The Labute approximate surface area is 119 Å². The van der Waals surface area contributed by atoms with Crippen molar-refractivity contribution in [2.45, 2.75) is 31.1 Å². The summed E-state index contributed by atoms with van der Waals surface area (Å²) in [6.45, 7) is 2.74. The predicted molar refractivity (Wildman–Crippen MR) is 81.4 cm³/mol. The van der Waals surface area contributed by atoms with E-state index in [0.717, 1.165) is 30.7 Å². The van der Waals surface area contributed by atoms with E-state index in [-0.39, 0.29) is 11.8 Å². The fourth-order valence-electron chi connectivity index (χ4n) is 2.73. The molecule has 0 saturated heterocycles. The van der Waals surface area contributed by atoms with Gasteiger partial charge in [-0.3, -0.25) is 4.79 Å².